The van der Waals surface area contributed by atoms with Gasteiger partial charge < -0.3 is 14.7 Å². The molecule has 2 amide bonds. The Labute approximate surface area is 128 Å². The summed E-state index contributed by atoms with van der Waals surface area (Å²) >= 11 is 0. The van der Waals surface area contributed by atoms with Crippen LogP contribution in [-0.2, 0) is 4.79 Å². The summed E-state index contributed by atoms with van der Waals surface area (Å²) in [6.45, 7) is 5.56. The number of carbonyl (C=O) groups is 2. The summed E-state index contributed by atoms with van der Waals surface area (Å²) in [7, 11) is 0. The predicted octanol–water partition coefficient (Wildman–Crippen LogP) is 2.53. The fraction of sp³-hybridized carbons (Fsp3) is 0.312. The second-order valence-corrected chi connectivity index (χ2v) is 5.52. The molecule has 1 aromatic carbocycles. The minimum atomic E-state index is -0.308. The Kier molecular flexibility index (Phi) is 3.44. The molecular weight excluding hydrogens is 282 g/mol. The SMILES string of the molecule is Cc1noc(C)c1C(=O)N1C[C@H](C)C(=O)Nc2ccccc21. The highest BCUT2D eigenvalue weighted by Gasteiger charge is 2.31. The molecule has 0 aliphatic carbocycles. The maximum absolute atomic E-state index is 13.0. The molecule has 0 radical (unpaired) electrons. The normalized spacial score (nSPS) is 17.7. The van der Waals surface area contributed by atoms with Crippen molar-refractivity contribution in [2.45, 2.75) is 20.8 Å². The van der Waals surface area contributed by atoms with E-state index in [-0.39, 0.29) is 17.7 Å². The molecule has 1 aliphatic rings. The van der Waals surface area contributed by atoms with Gasteiger partial charge in [-0.1, -0.05) is 24.2 Å². The molecule has 3 rings (SSSR count). The molecule has 6 nitrogen and oxygen atoms in total. The van der Waals surface area contributed by atoms with Crippen molar-refractivity contribution in [3.05, 3.63) is 41.3 Å². The third-order valence-corrected chi connectivity index (χ3v) is 3.85. The molecule has 0 spiro atoms. The van der Waals surface area contributed by atoms with E-state index in [0.29, 0.717) is 34.9 Å². The Balaban J connectivity index is 2.09. The van der Waals surface area contributed by atoms with Crippen LogP contribution in [0.2, 0.25) is 0 Å². The van der Waals surface area contributed by atoms with Crippen molar-refractivity contribution >= 4 is 23.2 Å². The highest BCUT2D eigenvalue weighted by atomic mass is 16.5. The van der Waals surface area contributed by atoms with Crippen LogP contribution in [0.15, 0.2) is 28.8 Å². The minimum Gasteiger partial charge on any atom is -0.361 e. The van der Waals surface area contributed by atoms with Gasteiger partial charge >= 0.3 is 0 Å². The number of hydrogen-bond acceptors (Lipinski definition) is 4. The lowest BCUT2D eigenvalue weighted by Gasteiger charge is -2.23. The highest BCUT2D eigenvalue weighted by molar-refractivity contribution is 6.11. The average molecular weight is 299 g/mol. The topological polar surface area (TPSA) is 75.4 Å². The quantitative estimate of drug-likeness (QED) is 0.878. The maximum atomic E-state index is 13.0. The monoisotopic (exact) mass is 299 g/mol. The van der Waals surface area contributed by atoms with Crippen molar-refractivity contribution in [2.75, 3.05) is 16.8 Å². The molecule has 0 bridgehead atoms. The predicted molar refractivity (Wildman–Crippen MR) is 81.9 cm³/mol. The van der Waals surface area contributed by atoms with Crippen LogP contribution in [0.5, 0.6) is 0 Å². The molecule has 0 saturated carbocycles. The van der Waals surface area contributed by atoms with E-state index >= 15 is 0 Å². The fourth-order valence-electron chi connectivity index (χ4n) is 2.64. The van der Waals surface area contributed by atoms with Gasteiger partial charge in [0.15, 0.2) is 0 Å². The molecule has 0 unspecified atom stereocenters. The van der Waals surface area contributed by atoms with Crippen LogP contribution in [0.25, 0.3) is 0 Å². The van der Waals surface area contributed by atoms with Crippen molar-refractivity contribution in [1.82, 2.24) is 5.16 Å². The Hall–Kier alpha value is -2.63. The van der Waals surface area contributed by atoms with Crippen LogP contribution in [0, 0.1) is 19.8 Å². The lowest BCUT2D eigenvalue weighted by molar-refractivity contribution is -0.119. The fourth-order valence-corrected chi connectivity index (χ4v) is 2.64. The third kappa shape index (κ3) is 2.26. The molecule has 114 valence electrons. The number of nitrogens with one attached hydrogen (secondary N) is 1. The second kappa shape index (κ2) is 5.29. The maximum Gasteiger partial charge on any atom is 0.263 e. The first kappa shape index (κ1) is 14.3. The molecule has 2 aromatic rings. The number of amides is 2. The summed E-state index contributed by atoms with van der Waals surface area (Å²) in [4.78, 5) is 26.7. The van der Waals surface area contributed by atoms with E-state index in [0.717, 1.165) is 0 Å². The van der Waals surface area contributed by atoms with Crippen LogP contribution in [0.1, 0.15) is 28.7 Å². The second-order valence-electron chi connectivity index (χ2n) is 5.52. The van der Waals surface area contributed by atoms with Gasteiger partial charge in [-0.05, 0) is 26.0 Å². The average Bonchev–Trinajstić information content (AvgIpc) is 2.76. The zero-order valence-corrected chi connectivity index (χ0v) is 12.7. The largest absolute Gasteiger partial charge is 0.361 e. The zero-order valence-electron chi connectivity index (χ0n) is 12.7. The number of aromatic nitrogens is 1. The minimum absolute atomic E-state index is 0.0958. The van der Waals surface area contributed by atoms with Gasteiger partial charge in [0.05, 0.1) is 23.0 Å². The standard InChI is InChI=1S/C16H17N3O3/c1-9-8-19(16(21)14-10(2)18-22-11(14)3)13-7-5-4-6-12(13)17-15(9)20/h4-7,9H,8H2,1-3H3,(H,17,20)/t9-/m0/s1. The Morgan fingerprint density at radius 2 is 2.09 bits per heavy atom. The number of para-hydroxylation sites is 2. The van der Waals surface area contributed by atoms with E-state index in [9.17, 15) is 9.59 Å². The number of rotatable bonds is 1. The van der Waals surface area contributed by atoms with Gasteiger partial charge in [-0.3, -0.25) is 9.59 Å². The Morgan fingerprint density at radius 1 is 1.36 bits per heavy atom. The molecule has 2 heterocycles. The number of nitrogens with zero attached hydrogens (tertiary/aromatic N) is 2. The van der Waals surface area contributed by atoms with E-state index in [2.05, 4.69) is 10.5 Å². The van der Waals surface area contributed by atoms with Crippen molar-refractivity contribution in [3.63, 3.8) is 0 Å². The lowest BCUT2D eigenvalue weighted by Crippen LogP contribution is -2.36. The lowest BCUT2D eigenvalue weighted by atomic mass is 10.1. The first-order valence-corrected chi connectivity index (χ1v) is 7.13. The van der Waals surface area contributed by atoms with Gasteiger partial charge in [0.1, 0.15) is 11.3 Å². The Bertz CT molecular complexity index is 731. The molecule has 1 N–H and O–H groups in total. The first-order chi connectivity index (χ1) is 10.5. The molecule has 1 aromatic heterocycles. The number of carbonyl (C=O) groups excluding carboxylic acids is 2. The molecule has 0 saturated heterocycles. The first-order valence-electron chi connectivity index (χ1n) is 7.13. The molecular formula is C16H17N3O3. The number of benzene rings is 1. The van der Waals surface area contributed by atoms with Crippen LogP contribution >= 0.6 is 0 Å². The van der Waals surface area contributed by atoms with Crippen LogP contribution in [0.3, 0.4) is 0 Å². The van der Waals surface area contributed by atoms with Gasteiger partial charge in [-0.2, -0.15) is 0 Å². The van der Waals surface area contributed by atoms with Crippen LogP contribution in [-0.4, -0.2) is 23.5 Å². The number of anilines is 2. The van der Waals surface area contributed by atoms with Gasteiger partial charge in [0, 0.05) is 6.54 Å². The van der Waals surface area contributed by atoms with Crippen LogP contribution < -0.4 is 10.2 Å². The number of hydrogen-bond donors (Lipinski definition) is 1. The van der Waals surface area contributed by atoms with Crippen LogP contribution in [0.4, 0.5) is 11.4 Å². The molecule has 6 heteroatoms. The number of aryl methyl sites for hydroxylation is 2. The Morgan fingerprint density at radius 3 is 2.77 bits per heavy atom. The third-order valence-electron chi connectivity index (χ3n) is 3.85. The van der Waals surface area contributed by atoms with Crippen molar-refractivity contribution < 1.29 is 14.1 Å². The zero-order chi connectivity index (χ0) is 15.9. The van der Waals surface area contributed by atoms with E-state index in [1.165, 1.54) is 0 Å². The van der Waals surface area contributed by atoms with Gasteiger partial charge in [-0.15, -0.1) is 0 Å². The van der Waals surface area contributed by atoms with Gasteiger partial charge in [0.2, 0.25) is 5.91 Å². The van der Waals surface area contributed by atoms with Gasteiger partial charge in [-0.25, -0.2) is 0 Å². The summed E-state index contributed by atoms with van der Waals surface area (Å²) < 4.78 is 5.09. The molecule has 22 heavy (non-hydrogen) atoms. The smallest absolute Gasteiger partial charge is 0.263 e. The highest BCUT2D eigenvalue weighted by Crippen LogP contribution is 2.31. The molecule has 0 fully saturated rings. The summed E-state index contributed by atoms with van der Waals surface area (Å²) in [5.41, 5.74) is 2.33. The van der Waals surface area contributed by atoms with Crippen molar-refractivity contribution in [1.29, 1.82) is 0 Å². The summed E-state index contributed by atoms with van der Waals surface area (Å²) in [6, 6.07) is 7.28. The molecule has 1 atom stereocenters. The molecule has 1 aliphatic heterocycles. The van der Waals surface area contributed by atoms with E-state index < -0.39 is 0 Å². The van der Waals surface area contributed by atoms with Gasteiger partial charge in [0.25, 0.3) is 5.91 Å². The van der Waals surface area contributed by atoms with E-state index in [1.807, 2.05) is 18.2 Å². The van der Waals surface area contributed by atoms with Crippen molar-refractivity contribution in [3.8, 4) is 0 Å². The van der Waals surface area contributed by atoms with Crippen molar-refractivity contribution in [2.24, 2.45) is 5.92 Å². The summed E-state index contributed by atoms with van der Waals surface area (Å²) in [5, 5.41) is 6.70. The summed E-state index contributed by atoms with van der Waals surface area (Å²) in [6.07, 6.45) is 0. The summed E-state index contributed by atoms with van der Waals surface area (Å²) in [5.74, 6) is -0.124. The number of fused-ring (bicyclic) bond motifs is 1. The van der Waals surface area contributed by atoms with E-state index in [4.69, 9.17) is 4.52 Å². The van der Waals surface area contributed by atoms with E-state index in [1.54, 1.807) is 31.7 Å².